The van der Waals surface area contributed by atoms with Crippen molar-refractivity contribution in [1.29, 1.82) is 0 Å². The summed E-state index contributed by atoms with van der Waals surface area (Å²) in [6, 6.07) is 10.3. The molecule has 3 saturated heterocycles. The second-order valence-corrected chi connectivity index (χ2v) is 8.50. The Kier molecular flexibility index (Phi) is 4.72. The number of para-hydroxylation sites is 1. The second-order valence-electron chi connectivity index (χ2n) is 8.50. The standard InChI is InChI=1S/C22H27N5O/c28-22(23-18-8-2-1-3-9-18)20-14-26-11-10-17(20)12-19(26)13-27-15-21(24-25-27)16-6-4-5-7-16/h1-3,6,8-9,15,17,19-20H,4-5,7,10-14H2,(H,23,28)/p+1/t17-,19+,20-/m0/s1. The molecule has 146 valence electrons. The number of aromatic nitrogens is 3. The number of quaternary nitrogens is 1. The van der Waals surface area contributed by atoms with Crippen molar-refractivity contribution in [3.05, 3.63) is 48.3 Å². The third-order valence-corrected chi connectivity index (χ3v) is 6.75. The minimum atomic E-state index is 0.121. The number of amides is 1. The highest BCUT2D eigenvalue weighted by molar-refractivity contribution is 5.92. The van der Waals surface area contributed by atoms with E-state index in [0.717, 1.165) is 56.7 Å². The fourth-order valence-electron chi connectivity index (χ4n) is 5.24. The van der Waals surface area contributed by atoms with Crippen molar-refractivity contribution in [1.82, 2.24) is 15.0 Å². The second kappa shape index (κ2) is 7.51. The van der Waals surface area contributed by atoms with Crippen molar-refractivity contribution in [2.24, 2.45) is 11.8 Å². The van der Waals surface area contributed by atoms with E-state index >= 15 is 0 Å². The first-order chi connectivity index (χ1) is 13.8. The van der Waals surface area contributed by atoms with Crippen LogP contribution in [0, 0.1) is 11.8 Å². The van der Waals surface area contributed by atoms with Crippen molar-refractivity contribution in [3.63, 3.8) is 0 Å². The number of rotatable bonds is 5. The van der Waals surface area contributed by atoms with Gasteiger partial charge in [0.15, 0.2) is 0 Å². The van der Waals surface area contributed by atoms with Gasteiger partial charge in [0.2, 0.25) is 5.91 Å². The molecule has 6 nitrogen and oxygen atoms in total. The maximum absolute atomic E-state index is 12.8. The van der Waals surface area contributed by atoms with E-state index in [1.807, 2.05) is 35.0 Å². The van der Waals surface area contributed by atoms with Crippen LogP contribution in [0.4, 0.5) is 5.69 Å². The van der Waals surface area contributed by atoms with Crippen LogP contribution in [-0.2, 0) is 11.3 Å². The number of piperidine rings is 3. The molecule has 4 aliphatic rings. The molecule has 4 heterocycles. The van der Waals surface area contributed by atoms with E-state index in [9.17, 15) is 4.79 Å². The summed E-state index contributed by atoms with van der Waals surface area (Å²) < 4.78 is 2.02. The number of anilines is 1. The van der Waals surface area contributed by atoms with Gasteiger partial charge in [-0.25, -0.2) is 4.68 Å². The highest BCUT2D eigenvalue weighted by Crippen LogP contribution is 2.29. The van der Waals surface area contributed by atoms with Crippen molar-refractivity contribution >= 4 is 17.2 Å². The minimum Gasteiger partial charge on any atom is -0.330 e. The lowest BCUT2D eigenvalue weighted by molar-refractivity contribution is -0.945. The highest BCUT2D eigenvalue weighted by atomic mass is 16.2. The van der Waals surface area contributed by atoms with E-state index in [2.05, 4.69) is 27.9 Å². The Hall–Kier alpha value is -2.47. The maximum atomic E-state index is 12.8. The maximum Gasteiger partial charge on any atom is 0.233 e. The number of fused-ring (bicyclic) bond motifs is 3. The Morgan fingerprint density at radius 2 is 2.18 bits per heavy atom. The number of carbonyl (C=O) groups excluding carboxylic acids is 1. The molecular formula is C22H28N5O+. The lowest BCUT2D eigenvalue weighted by Crippen LogP contribution is -3.20. The van der Waals surface area contributed by atoms with Crippen LogP contribution >= 0.6 is 0 Å². The molecule has 3 fully saturated rings. The monoisotopic (exact) mass is 378 g/mol. The van der Waals surface area contributed by atoms with Crippen LogP contribution in [0.2, 0.25) is 0 Å². The Morgan fingerprint density at radius 1 is 1.29 bits per heavy atom. The first-order valence-electron chi connectivity index (χ1n) is 10.6. The number of benzene rings is 1. The van der Waals surface area contributed by atoms with Crippen LogP contribution in [0.15, 0.2) is 42.6 Å². The zero-order valence-corrected chi connectivity index (χ0v) is 16.2. The summed E-state index contributed by atoms with van der Waals surface area (Å²) in [6.07, 6.45) is 10.2. The summed E-state index contributed by atoms with van der Waals surface area (Å²) in [5, 5.41) is 11.9. The number of nitrogens with zero attached hydrogens (tertiary/aromatic N) is 3. The summed E-state index contributed by atoms with van der Waals surface area (Å²) in [5.74, 6) is 0.782. The molecule has 6 rings (SSSR count). The smallest absolute Gasteiger partial charge is 0.233 e. The summed E-state index contributed by atoms with van der Waals surface area (Å²) >= 11 is 0. The van der Waals surface area contributed by atoms with Gasteiger partial charge in [-0.3, -0.25) is 4.79 Å². The van der Waals surface area contributed by atoms with Gasteiger partial charge < -0.3 is 10.2 Å². The normalized spacial score (nSPS) is 28.9. The average Bonchev–Trinajstić information content (AvgIpc) is 3.41. The molecule has 1 aliphatic carbocycles. The SMILES string of the molecule is O=C(Nc1ccccc1)[C@H]1C[NH+]2CC[C@H]1C[C@@H]2Cn1cc(C2=CCCC2)nn1. The molecule has 2 bridgehead atoms. The Morgan fingerprint density at radius 3 is 2.93 bits per heavy atom. The lowest BCUT2D eigenvalue weighted by atomic mass is 9.75. The lowest BCUT2D eigenvalue weighted by Gasteiger charge is -2.46. The number of hydrogen-bond acceptors (Lipinski definition) is 3. The van der Waals surface area contributed by atoms with Crippen LogP contribution in [0.25, 0.3) is 5.57 Å². The van der Waals surface area contributed by atoms with Gasteiger partial charge in [-0.1, -0.05) is 29.5 Å². The van der Waals surface area contributed by atoms with Crippen LogP contribution in [0.1, 0.15) is 37.8 Å². The molecule has 0 radical (unpaired) electrons. The minimum absolute atomic E-state index is 0.121. The van der Waals surface area contributed by atoms with Crippen LogP contribution in [0.3, 0.4) is 0 Å². The van der Waals surface area contributed by atoms with E-state index in [1.54, 1.807) is 4.90 Å². The van der Waals surface area contributed by atoms with Gasteiger partial charge in [0.25, 0.3) is 0 Å². The van der Waals surface area contributed by atoms with Gasteiger partial charge in [-0.2, -0.15) is 0 Å². The summed E-state index contributed by atoms with van der Waals surface area (Å²) in [6.45, 7) is 3.00. The van der Waals surface area contributed by atoms with E-state index in [1.165, 1.54) is 12.0 Å². The Bertz CT molecular complexity index is 874. The molecule has 0 saturated carbocycles. The van der Waals surface area contributed by atoms with E-state index in [4.69, 9.17) is 0 Å². The molecule has 28 heavy (non-hydrogen) atoms. The first-order valence-corrected chi connectivity index (χ1v) is 10.6. The van der Waals surface area contributed by atoms with Gasteiger partial charge in [0.1, 0.15) is 11.7 Å². The zero-order valence-electron chi connectivity index (χ0n) is 16.2. The first kappa shape index (κ1) is 17.6. The molecule has 1 aromatic heterocycles. The number of nitrogens with one attached hydrogen (secondary N) is 2. The average molecular weight is 379 g/mol. The number of allylic oxidation sites excluding steroid dienone is 2. The van der Waals surface area contributed by atoms with Gasteiger partial charge in [-0.15, -0.1) is 5.10 Å². The highest BCUT2D eigenvalue weighted by Gasteiger charge is 2.46. The number of carbonyl (C=O) groups is 1. The van der Waals surface area contributed by atoms with Crippen molar-refractivity contribution < 1.29 is 9.69 Å². The van der Waals surface area contributed by atoms with Gasteiger partial charge in [-0.05, 0) is 42.9 Å². The molecule has 2 aromatic rings. The van der Waals surface area contributed by atoms with E-state index in [-0.39, 0.29) is 11.8 Å². The molecule has 1 unspecified atom stereocenters. The van der Waals surface area contributed by atoms with Crippen LogP contribution < -0.4 is 10.2 Å². The van der Waals surface area contributed by atoms with E-state index in [0.29, 0.717) is 12.0 Å². The zero-order chi connectivity index (χ0) is 18.9. The molecule has 1 aromatic carbocycles. The fourth-order valence-corrected chi connectivity index (χ4v) is 5.24. The molecule has 0 spiro atoms. The third kappa shape index (κ3) is 3.49. The molecule has 6 heteroatoms. The summed E-state index contributed by atoms with van der Waals surface area (Å²) in [4.78, 5) is 14.4. The van der Waals surface area contributed by atoms with Crippen molar-refractivity contribution in [2.75, 3.05) is 18.4 Å². The quantitative estimate of drug-likeness (QED) is 0.834. The molecule has 4 atom stereocenters. The topological polar surface area (TPSA) is 64.2 Å². The summed E-state index contributed by atoms with van der Waals surface area (Å²) in [7, 11) is 0. The fraction of sp³-hybridized carbons (Fsp3) is 0.500. The Labute approximate surface area is 165 Å². The summed E-state index contributed by atoms with van der Waals surface area (Å²) in [5.41, 5.74) is 3.29. The molecule has 1 amide bonds. The number of hydrogen-bond donors (Lipinski definition) is 2. The van der Waals surface area contributed by atoms with Gasteiger partial charge in [0.05, 0.1) is 31.7 Å². The molecule has 3 aliphatic heterocycles. The van der Waals surface area contributed by atoms with E-state index < -0.39 is 0 Å². The van der Waals surface area contributed by atoms with Crippen molar-refractivity contribution in [3.8, 4) is 0 Å². The largest absolute Gasteiger partial charge is 0.330 e. The molecular weight excluding hydrogens is 350 g/mol. The molecule has 2 N–H and O–H groups in total. The van der Waals surface area contributed by atoms with Crippen LogP contribution in [-0.4, -0.2) is 40.0 Å². The van der Waals surface area contributed by atoms with Crippen LogP contribution in [0.5, 0.6) is 0 Å². The van der Waals surface area contributed by atoms with Crippen molar-refractivity contribution in [2.45, 2.75) is 44.7 Å². The third-order valence-electron chi connectivity index (χ3n) is 6.75. The predicted octanol–water partition coefficient (Wildman–Crippen LogP) is 1.78. The van der Waals surface area contributed by atoms with Gasteiger partial charge >= 0.3 is 0 Å². The Balaban J connectivity index is 1.21. The van der Waals surface area contributed by atoms with Gasteiger partial charge in [0, 0.05) is 18.5 Å². The predicted molar refractivity (Wildman–Crippen MR) is 108 cm³/mol.